The Hall–Kier alpha value is -1.93. The third-order valence-corrected chi connectivity index (χ3v) is 7.40. The molecule has 1 aliphatic rings. The zero-order chi connectivity index (χ0) is 19.6. The van der Waals surface area contributed by atoms with Gasteiger partial charge in [0.1, 0.15) is 0 Å². The van der Waals surface area contributed by atoms with Crippen LogP contribution in [0, 0.1) is 13.8 Å². The van der Waals surface area contributed by atoms with Crippen molar-refractivity contribution in [1.29, 1.82) is 0 Å². The zero-order valence-corrected chi connectivity index (χ0v) is 17.1. The number of ketones is 1. The molecule has 0 radical (unpaired) electrons. The van der Waals surface area contributed by atoms with Crippen LogP contribution in [0.5, 0.6) is 0 Å². The second kappa shape index (κ2) is 7.98. The predicted octanol–water partition coefficient (Wildman–Crippen LogP) is 2.88. The van der Waals surface area contributed by atoms with Crippen molar-refractivity contribution in [3.8, 4) is 0 Å². The fourth-order valence-electron chi connectivity index (χ4n) is 3.58. The summed E-state index contributed by atoms with van der Waals surface area (Å²) in [5.74, 6) is -0.377. The monoisotopic (exact) mass is 409 g/mol. The molecule has 0 aliphatic carbocycles. The molecule has 1 fully saturated rings. The van der Waals surface area contributed by atoms with Crippen molar-refractivity contribution in [2.24, 2.45) is 0 Å². The summed E-state index contributed by atoms with van der Waals surface area (Å²) in [6.45, 7) is 3.38. The number of aryl methyl sites for hydroxylation is 2. The lowest BCUT2D eigenvalue weighted by molar-refractivity contribution is -0.142. The number of hydrogen-bond acceptors (Lipinski definition) is 6. The minimum absolute atomic E-state index is 0.106. The molecule has 27 heavy (non-hydrogen) atoms. The van der Waals surface area contributed by atoms with Crippen LogP contribution in [-0.2, 0) is 25.8 Å². The molecule has 0 spiro atoms. The van der Waals surface area contributed by atoms with Gasteiger partial charge in [-0.2, -0.15) is 11.3 Å². The van der Waals surface area contributed by atoms with E-state index < -0.39 is 15.8 Å². The first kappa shape index (κ1) is 19.8. The molecular weight excluding hydrogens is 386 g/mol. The van der Waals surface area contributed by atoms with E-state index in [1.807, 2.05) is 35.2 Å². The molecule has 0 saturated carbocycles. The molecule has 1 aliphatic heterocycles. The number of sulfone groups is 1. The summed E-state index contributed by atoms with van der Waals surface area (Å²) in [6, 6.07) is 3.58. The summed E-state index contributed by atoms with van der Waals surface area (Å²) >= 11 is 1.58. The number of thiophene rings is 1. The lowest BCUT2D eigenvalue weighted by Gasteiger charge is -2.16. The smallest absolute Gasteiger partial charge is 0.306 e. The highest BCUT2D eigenvalue weighted by Crippen LogP contribution is 2.29. The van der Waals surface area contributed by atoms with Crippen molar-refractivity contribution in [3.05, 3.63) is 45.4 Å². The van der Waals surface area contributed by atoms with Crippen LogP contribution in [0.1, 0.15) is 46.2 Å². The Balaban J connectivity index is 1.60. The Morgan fingerprint density at radius 2 is 2.11 bits per heavy atom. The summed E-state index contributed by atoms with van der Waals surface area (Å²) in [5.41, 5.74) is 3.15. The summed E-state index contributed by atoms with van der Waals surface area (Å²) in [5, 5.41) is 3.94. The number of aromatic nitrogens is 1. The van der Waals surface area contributed by atoms with Crippen molar-refractivity contribution in [2.45, 2.75) is 39.2 Å². The van der Waals surface area contributed by atoms with Gasteiger partial charge in [-0.25, -0.2) is 8.42 Å². The van der Waals surface area contributed by atoms with Crippen LogP contribution in [0.15, 0.2) is 22.9 Å². The molecule has 1 unspecified atom stereocenters. The number of Topliss-reactive ketones (excluding diaryl/α,β-unsaturated/α-hetero) is 1. The number of nitrogens with zero attached hydrogens (tertiary/aromatic N) is 1. The third-order valence-electron chi connectivity index (χ3n) is 4.92. The molecule has 1 atom stereocenters. The third kappa shape index (κ3) is 4.68. The minimum atomic E-state index is -3.01. The van der Waals surface area contributed by atoms with Crippen LogP contribution in [-0.4, -0.2) is 42.9 Å². The topological polar surface area (TPSA) is 82.4 Å². The first-order valence-electron chi connectivity index (χ1n) is 8.85. The van der Waals surface area contributed by atoms with Gasteiger partial charge in [-0.05, 0) is 55.1 Å². The number of hydrogen-bond donors (Lipinski definition) is 0. The Kier molecular flexibility index (Phi) is 5.86. The summed E-state index contributed by atoms with van der Waals surface area (Å²) in [6.07, 6.45) is 1.40. The van der Waals surface area contributed by atoms with Crippen LogP contribution >= 0.6 is 11.3 Å². The molecule has 1 saturated heterocycles. The van der Waals surface area contributed by atoms with Gasteiger partial charge in [0.05, 0.1) is 11.5 Å². The van der Waals surface area contributed by atoms with E-state index >= 15 is 0 Å². The molecule has 0 bridgehead atoms. The molecule has 6 nitrogen and oxygen atoms in total. The fraction of sp³-hybridized carbons (Fsp3) is 0.474. The van der Waals surface area contributed by atoms with E-state index in [9.17, 15) is 18.0 Å². The van der Waals surface area contributed by atoms with Gasteiger partial charge in [-0.1, -0.05) is 0 Å². The summed E-state index contributed by atoms with van der Waals surface area (Å²) in [7, 11) is -3.01. The minimum Gasteiger partial charge on any atom is -0.457 e. The lowest BCUT2D eigenvalue weighted by atomic mass is 10.1. The van der Waals surface area contributed by atoms with Gasteiger partial charge in [-0.15, -0.1) is 0 Å². The highest BCUT2D eigenvalue weighted by Gasteiger charge is 2.31. The first-order valence-corrected chi connectivity index (χ1v) is 11.6. The highest BCUT2D eigenvalue weighted by atomic mass is 32.2. The molecule has 3 rings (SSSR count). The van der Waals surface area contributed by atoms with Gasteiger partial charge >= 0.3 is 5.97 Å². The van der Waals surface area contributed by atoms with Gasteiger partial charge in [0, 0.05) is 29.4 Å². The Labute approximate surface area is 163 Å². The van der Waals surface area contributed by atoms with Crippen molar-refractivity contribution in [3.63, 3.8) is 0 Å². The van der Waals surface area contributed by atoms with E-state index in [0.29, 0.717) is 18.4 Å². The van der Waals surface area contributed by atoms with Crippen LogP contribution in [0.4, 0.5) is 0 Å². The normalized spacial score (nSPS) is 18.5. The van der Waals surface area contributed by atoms with E-state index in [-0.39, 0.29) is 36.4 Å². The molecule has 2 aromatic heterocycles. The largest absolute Gasteiger partial charge is 0.457 e. The van der Waals surface area contributed by atoms with Crippen LogP contribution in [0.3, 0.4) is 0 Å². The van der Waals surface area contributed by atoms with Crippen LogP contribution < -0.4 is 0 Å². The highest BCUT2D eigenvalue weighted by molar-refractivity contribution is 7.91. The quantitative estimate of drug-likeness (QED) is 0.519. The molecule has 146 valence electrons. The molecule has 0 N–H and O–H groups in total. The average Bonchev–Trinajstić information content (AvgIpc) is 3.31. The molecule has 2 aromatic rings. The van der Waals surface area contributed by atoms with Gasteiger partial charge in [0.15, 0.2) is 16.4 Å². The second-order valence-electron chi connectivity index (χ2n) is 6.93. The number of carbonyl (C=O) groups excluding carboxylic acids is 2. The molecule has 8 heteroatoms. The van der Waals surface area contributed by atoms with E-state index in [2.05, 4.69) is 0 Å². The van der Waals surface area contributed by atoms with Gasteiger partial charge in [0.25, 0.3) is 0 Å². The average molecular weight is 410 g/mol. The maximum Gasteiger partial charge on any atom is 0.306 e. The predicted molar refractivity (Wildman–Crippen MR) is 104 cm³/mol. The molecular formula is C19H23NO5S2. The van der Waals surface area contributed by atoms with Crippen molar-refractivity contribution >= 4 is 32.9 Å². The number of rotatable bonds is 7. The second-order valence-corrected chi connectivity index (χ2v) is 9.94. The maximum atomic E-state index is 12.5. The Morgan fingerprint density at radius 1 is 1.33 bits per heavy atom. The zero-order valence-electron chi connectivity index (χ0n) is 15.4. The fourth-order valence-corrected chi connectivity index (χ4v) is 5.98. The number of esters is 1. The van der Waals surface area contributed by atoms with Gasteiger partial charge < -0.3 is 9.30 Å². The standard InChI is InChI=1S/C19H23NO5S2/c1-13-9-17(14(2)20(13)16-6-8-27(23,24)12-16)18(21)10-25-19(22)4-3-15-5-7-26-11-15/h5,7,9,11,16H,3-4,6,8,10,12H2,1-2H3. The van der Waals surface area contributed by atoms with Gasteiger partial charge in [-0.3, -0.25) is 9.59 Å². The van der Waals surface area contributed by atoms with Crippen molar-refractivity contribution in [2.75, 3.05) is 18.1 Å². The SMILES string of the molecule is Cc1cc(C(=O)COC(=O)CCc2ccsc2)c(C)n1C1CCS(=O)(=O)C1. The summed E-state index contributed by atoms with van der Waals surface area (Å²) < 4.78 is 30.6. The van der Waals surface area contributed by atoms with E-state index in [1.54, 1.807) is 17.4 Å². The van der Waals surface area contributed by atoms with E-state index in [0.717, 1.165) is 17.0 Å². The lowest BCUT2D eigenvalue weighted by Crippen LogP contribution is -2.17. The van der Waals surface area contributed by atoms with E-state index in [1.165, 1.54) is 0 Å². The number of ether oxygens (including phenoxy) is 1. The Morgan fingerprint density at radius 3 is 2.74 bits per heavy atom. The van der Waals surface area contributed by atoms with Gasteiger partial charge in [0.2, 0.25) is 5.78 Å². The van der Waals surface area contributed by atoms with Crippen molar-refractivity contribution < 1.29 is 22.7 Å². The van der Waals surface area contributed by atoms with Crippen molar-refractivity contribution in [1.82, 2.24) is 4.57 Å². The maximum absolute atomic E-state index is 12.5. The van der Waals surface area contributed by atoms with Crippen LogP contribution in [0.25, 0.3) is 0 Å². The molecule has 3 heterocycles. The molecule has 0 aromatic carbocycles. The van der Waals surface area contributed by atoms with Crippen LogP contribution in [0.2, 0.25) is 0 Å². The van der Waals surface area contributed by atoms with E-state index in [4.69, 9.17) is 4.74 Å². The Bertz CT molecular complexity index is 941. The first-order chi connectivity index (χ1) is 12.8. The number of carbonyl (C=O) groups is 2. The summed E-state index contributed by atoms with van der Waals surface area (Å²) in [4.78, 5) is 24.4. The molecule has 0 amide bonds.